The number of methoxy groups -OCH3 is 1. The Balaban J connectivity index is 1.84. The van der Waals surface area contributed by atoms with E-state index in [1.54, 1.807) is 13.2 Å². The molecule has 1 unspecified atom stereocenters. The molecule has 0 aliphatic carbocycles. The summed E-state index contributed by atoms with van der Waals surface area (Å²) in [4.78, 5) is 24.9. The Morgan fingerprint density at radius 3 is 2.62 bits per heavy atom. The predicted octanol–water partition coefficient (Wildman–Crippen LogP) is 1.24. The van der Waals surface area contributed by atoms with Crippen LogP contribution >= 0.6 is 11.3 Å². The maximum absolute atomic E-state index is 12.0. The Kier molecular flexibility index (Phi) is 8.07. The first-order valence-electron chi connectivity index (χ1n) is 8.09. The van der Waals surface area contributed by atoms with E-state index in [1.165, 1.54) is 11.3 Å². The molecule has 0 fully saturated rings. The SMILES string of the molecule is COc1ccccc1CNC(=O)C(=O)NCC(OCCO)c1cccs1. The lowest BCUT2D eigenvalue weighted by atomic mass is 10.2. The zero-order valence-corrected chi connectivity index (χ0v) is 15.3. The molecule has 0 saturated carbocycles. The van der Waals surface area contributed by atoms with Crippen molar-refractivity contribution in [3.63, 3.8) is 0 Å². The van der Waals surface area contributed by atoms with Crippen LogP contribution in [0.15, 0.2) is 41.8 Å². The number of amides is 2. The lowest BCUT2D eigenvalue weighted by Crippen LogP contribution is -2.41. The van der Waals surface area contributed by atoms with Crippen LogP contribution in [0.5, 0.6) is 5.75 Å². The number of rotatable bonds is 9. The summed E-state index contributed by atoms with van der Waals surface area (Å²) < 4.78 is 10.7. The minimum atomic E-state index is -0.742. The van der Waals surface area contributed by atoms with Crippen LogP contribution in [-0.2, 0) is 20.9 Å². The molecule has 1 aromatic heterocycles. The Labute approximate surface area is 155 Å². The molecule has 3 N–H and O–H groups in total. The van der Waals surface area contributed by atoms with Crippen molar-refractivity contribution in [2.45, 2.75) is 12.6 Å². The van der Waals surface area contributed by atoms with Crippen LogP contribution in [0.3, 0.4) is 0 Å². The van der Waals surface area contributed by atoms with E-state index in [-0.39, 0.29) is 26.3 Å². The molecule has 0 saturated heterocycles. The number of carbonyl (C=O) groups excluding carboxylic acids is 2. The third-order valence-electron chi connectivity index (χ3n) is 3.56. The highest BCUT2D eigenvalue weighted by Crippen LogP contribution is 2.21. The molecule has 140 valence electrons. The molecule has 1 atom stereocenters. The summed E-state index contributed by atoms with van der Waals surface area (Å²) in [6.07, 6.45) is -0.409. The smallest absolute Gasteiger partial charge is 0.309 e. The summed E-state index contributed by atoms with van der Waals surface area (Å²) in [6, 6.07) is 11.0. The summed E-state index contributed by atoms with van der Waals surface area (Å²) in [5, 5.41) is 15.9. The fraction of sp³-hybridized carbons (Fsp3) is 0.333. The average Bonchev–Trinajstić information content (AvgIpc) is 3.20. The molecule has 1 heterocycles. The number of carbonyl (C=O) groups is 2. The highest BCUT2D eigenvalue weighted by atomic mass is 32.1. The van der Waals surface area contributed by atoms with Crippen LogP contribution in [0, 0.1) is 0 Å². The first kappa shape index (κ1) is 19.9. The average molecular weight is 378 g/mol. The van der Waals surface area contributed by atoms with Crippen molar-refractivity contribution < 1.29 is 24.2 Å². The topological polar surface area (TPSA) is 96.9 Å². The van der Waals surface area contributed by atoms with Gasteiger partial charge in [-0.15, -0.1) is 11.3 Å². The fourth-order valence-electron chi connectivity index (χ4n) is 2.28. The molecular formula is C18H22N2O5S. The minimum Gasteiger partial charge on any atom is -0.496 e. The first-order valence-corrected chi connectivity index (χ1v) is 8.97. The minimum absolute atomic E-state index is 0.116. The number of benzene rings is 1. The summed E-state index contributed by atoms with van der Waals surface area (Å²) >= 11 is 1.48. The largest absolute Gasteiger partial charge is 0.496 e. The summed E-state index contributed by atoms with van der Waals surface area (Å²) in [6.45, 7) is 0.362. The summed E-state index contributed by atoms with van der Waals surface area (Å²) in [7, 11) is 1.55. The van der Waals surface area contributed by atoms with E-state index in [0.29, 0.717) is 5.75 Å². The molecule has 2 aromatic rings. The van der Waals surface area contributed by atoms with Gasteiger partial charge < -0.3 is 25.2 Å². The van der Waals surface area contributed by atoms with Gasteiger partial charge in [0.25, 0.3) is 0 Å². The van der Waals surface area contributed by atoms with Gasteiger partial charge >= 0.3 is 11.8 Å². The standard InChI is InChI=1S/C18H22N2O5S/c1-24-14-6-3-2-5-13(14)11-19-17(22)18(23)20-12-15(25-9-8-21)16-7-4-10-26-16/h2-7,10,15,21H,8-9,11-12H2,1H3,(H,19,22)(H,20,23). The van der Waals surface area contributed by atoms with Gasteiger partial charge in [0.15, 0.2) is 0 Å². The van der Waals surface area contributed by atoms with Crippen LogP contribution in [0.25, 0.3) is 0 Å². The van der Waals surface area contributed by atoms with Crippen LogP contribution in [0.4, 0.5) is 0 Å². The molecule has 7 nitrogen and oxygen atoms in total. The van der Waals surface area contributed by atoms with Crippen molar-refractivity contribution in [2.24, 2.45) is 0 Å². The van der Waals surface area contributed by atoms with Gasteiger partial charge in [-0.05, 0) is 17.5 Å². The van der Waals surface area contributed by atoms with E-state index in [1.807, 2.05) is 35.7 Å². The molecular weight excluding hydrogens is 356 g/mol. The van der Waals surface area contributed by atoms with E-state index in [9.17, 15) is 9.59 Å². The zero-order valence-electron chi connectivity index (χ0n) is 14.4. The molecule has 0 bridgehead atoms. The number of ether oxygens (including phenoxy) is 2. The van der Waals surface area contributed by atoms with Crippen LogP contribution < -0.4 is 15.4 Å². The van der Waals surface area contributed by atoms with Crippen LogP contribution in [0.1, 0.15) is 16.5 Å². The second-order valence-corrected chi connectivity index (χ2v) is 6.28. The van der Waals surface area contributed by atoms with Crippen molar-refractivity contribution in [3.05, 3.63) is 52.2 Å². The second-order valence-electron chi connectivity index (χ2n) is 5.30. The number of aliphatic hydroxyl groups is 1. The highest BCUT2D eigenvalue weighted by Gasteiger charge is 2.18. The van der Waals surface area contributed by atoms with E-state index in [2.05, 4.69) is 10.6 Å². The molecule has 8 heteroatoms. The van der Waals surface area contributed by atoms with Crippen molar-refractivity contribution in [1.29, 1.82) is 0 Å². The Bertz CT molecular complexity index is 705. The molecule has 0 aliphatic rings. The highest BCUT2D eigenvalue weighted by molar-refractivity contribution is 7.10. The number of hydrogen-bond acceptors (Lipinski definition) is 6. The third kappa shape index (κ3) is 5.83. The molecule has 2 amide bonds. The Morgan fingerprint density at radius 1 is 1.15 bits per heavy atom. The quantitative estimate of drug-likeness (QED) is 0.571. The number of nitrogens with one attached hydrogen (secondary N) is 2. The maximum Gasteiger partial charge on any atom is 0.309 e. The lowest BCUT2D eigenvalue weighted by Gasteiger charge is -2.16. The third-order valence-corrected chi connectivity index (χ3v) is 4.52. The fourth-order valence-corrected chi connectivity index (χ4v) is 3.06. The van der Waals surface area contributed by atoms with Crippen molar-refractivity contribution >= 4 is 23.2 Å². The van der Waals surface area contributed by atoms with Gasteiger partial charge in [0.2, 0.25) is 0 Å². The monoisotopic (exact) mass is 378 g/mol. The number of para-hydroxylation sites is 1. The second kappa shape index (κ2) is 10.5. The first-order chi connectivity index (χ1) is 12.7. The molecule has 0 aliphatic heterocycles. The lowest BCUT2D eigenvalue weighted by molar-refractivity contribution is -0.139. The van der Waals surface area contributed by atoms with Crippen molar-refractivity contribution in [2.75, 3.05) is 26.9 Å². The van der Waals surface area contributed by atoms with Crippen LogP contribution in [-0.4, -0.2) is 43.8 Å². The van der Waals surface area contributed by atoms with Gasteiger partial charge in [-0.3, -0.25) is 9.59 Å². The van der Waals surface area contributed by atoms with E-state index < -0.39 is 17.9 Å². The van der Waals surface area contributed by atoms with Gasteiger partial charge in [-0.1, -0.05) is 24.3 Å². The predicted molar refractivity (Wildman–Crippen MR) is 97.9 cm³/mol. The molecule has 0 radical (unpaired) electrons. The van der Waals surface area contributed by atoms with Gasteiger partial charge in [0.05, 0.1) is 20.3 Å². The molecule has 26 heavy (non-hydrogen) atoms. The Morgan fingerprint density at radius 2 is 1.92 bits per heavy atom. The van der Waals surface area contributed by atoms with E-state index >= 15 is 0 Å². The van der Waals surface area contributed by atoms with E-state index in [4.69, 9.17) is 14.6 Å². The molecule has 2 rings (SSSR count). The summed E-state index contributed by atoms with van der Waals surface area (Å²) in [5.41, 5.74) is 0.777. The van der Waals surface area contributed by atoms with Gasteiger partial charge in [0.1, 0.15) is 11.9 Å². The van der Waals surface area contributed by atoms with Crippen molar-refractivity contribution in [1.82, 2.24) is 10.6 Å². The van der Waals surface area contributed by atoms with Crippen LogP contribution in [0.2, 0.25) is 0 Å². The number of hydrogen-bond donors (Lipinski definition) is 3. The summed E-state index contributed by atoms with van der Waals surface area (Å²) in [5.74, 6) is -0.833. The zero-order chi connectivity index (χ0) is 18.8. The Hall–Kier alpha value is -2.42. The van der Waals surface area contributed by atoms with Gasteiger partial charge in [-0.25, -0.2) is 0 Å². The number of aliphatic hydroxyl groups excluding tert-OH is 1. The number of thiophene rings is 1. The van der Waals surface area contributed by atoms with Gasteiger partial charge in [-0.2, -0.15) is 0 Å². The van der Waals surface area contributed by atoms with E-state index in [0.717, 1.165) is 10.4 Å². The van der Waals surface area contributed by atoms with Crippen molar-refractivity contribution in [3.8, 4) is 5.75 Å². The van der Waals surface area contributed by atoms with Gasteiger partial charge in [0, 0.05) is 23.5 Å². The molecule has 1 aromatic carbocycles. The normalized spacial score (nSPS) is 11.6. The molecule has 0 spiro atoms. The maximum atomic E-state index is 12.0.